The quantitative estimate of drug-likeness (QED) is 0.186. The second-order valence-electron chi connectivity index (χ2n) is 20.0. The molecule has 6 heterocycles. The van der Waals surface area contributed by atoms with Gasteiger partial charge in [0.2, 0.25) is 5.91 Å². The molecule has 4 aromatic rings. The number of pyridine rings is 1. The summed E-state index contributed by atoms with van der Waals surface area (Å²) in [6, 6.07) is 5.97. The van der Waals surface area contributed by atoms with Gasteiger partial charge in [-0.05, 0) is 82.7 Å². The number of anilines is 1. The van der Waals surface area contributed by atoms with Crippen LogP contribution in [0.25, 0.3) is 33.4 Å². The Labute approximate surface area is 399 Å². The number of hydrogen-bond acceptors (Lipinski definition) is 12. The van der Waals surface area contributed by atoms with Crippen LogP contribution in [0.1, 0.15) is 88.6 Å². The first-order chi connectivity index (χ1) is 32.1. The number of likely N-dealkylation sites (N-methyl/N-ethyl adjacent to an activating group) is 2. The number of carbonyl (C=O) groups is 4. The molecule has 1 unspecified atom stereocenters. The van der Waals surface area contributed by atoms with Crippen LogP contribution in [-0.2, 0) is 43.2 Å². The third-order valence-corrected chi connectivity index (χ3v) is 15.2. The van der Waals surface area contributed by atoms with Gasteiger partial charge in [0, 0.05) is 107 Å². The van der Waals surface area contributed by atoms with Gasteiger partial charge in [0.05, 0.1) is 46.7 Å². The van der Waals surface area contributed by atoms with E-state index in [0.29, 0.717) is 37.4 Å². The van der Waals surface area contributed by atoms with Crippen LogP contribution in [0.4, 0.5) is 10.5 Å². The van der Waals surface area contributed by atoms with Gasteiger partial charge in [-0.1, -0.05) is 32.8 Å². The summed E-state index contributed by atoms with van der Waals surface area (Å²) in [5.74, 6) is -1.22. The number of aryl methyl sites for hydroxylation is 1. The van der Waals surface area contributed by atoms with Crippen molar-refractivity contribution in [1.82, 2.24) is 45.0 Å². The Bertz CT molecular complexity index is 2450. The van der Waals surface area contributed by atoms with E-state index in [2.05, 4.69) is 77.2 Å². The smallest absolute Gasteiger partial charge is 0.324 e. The molecular formula is C50H70N10O6S. The maximum Gasteiger partial charge on any atom is 0.324 e. The number of hydrazine groups is 1. The topological polar surface area (TPSA) is 158 Å². The van der Waals surface area contributed by atoms with Gasteiger partial charge in [-0.25, -0.2) is 15.2 Å². The summed E-state index contributed by atoms with van der Waals surface area (Å²) < 4.78 is 14.6. The van der Waals surface area contributed by atoms with Crippen molar-refractivity contribution < 1.29 is 28.7 Å². The molecule has 3 aliphatic heterocycles. The summed E-state index contributed by atoms with van der Waals surface area (Å²) in [6.07, 6.45) is 7.06. The predicted octanol–water partition coefficient (Wildman–Crippen LogP) is 6.13. The Morgan fingerprint density at radius 2 is 1.79 bits per heavy atom. The molecule has 4 atom stereocenters. The number of aromatic nitrogens is 3. The highest BCUT2D eigenvalue weighted by Crippen LogP contribution is 2.43. The molecule has 17 heteroatoms. The van der Waals surface area contributed by atoms with Gasteiger partial charge in [-0.3, -0.25) is 24.4 Å². The normalized spacial score (nSPS) is 21.7. The minimum absolute atomic E-state index is 0.0405. The highest BCUT2D eigenvalue weighted by molar-refractivity contribution is 7.10. The SMILES string of the molecule is CCn1c(-c2cc(N3CCN(C)CC3)cnc2[C@H](C)OC)c2c3cc(ccc31)-c1csc(n1)C[C@H](NC(=O)C(C1CCCC1)N(C)C(=O)N(C)C)C(=O)N1CCC[C@H](N1)C(=O)OCC(C)(C)C2. The molecule has 1 aliphatic carbocycles. The average molecular weight is 939 g/mol. The van der Waals surface area contributed by atoms with Gasteiger partial charge < -0.3 is 39.0 Å². The molecule has 16 nitrogen and oxygen atoms in total. The first-order valence-electron chi connectivity index (χ1n) is 24.1. The molecule has 3 fully saturated rings. The van der Waals surface area contributed by atoms with E-state index < -0.39 is 29.5 Å². The number of urea groups is 1. The molecule has 0 spiro atoms. The number of fused-ring (bicyclic) bond motifs is 6. The van der Waals surface area contributed by atoms with E-state index in [1.807, 2.05) is 18.5 Å². The summed E-state index contributed by atoms with van der Waals surface area (Å²) in [4.78, 5) is 74.5. The maximum absolute atomic E-state index is 14.7. The molecule has 4 aliphatic rings. The number of carbonyl (C=O) groups excluding carboxylic acids is 4. The first kappa shape index (κ1) is 48.4. The van der Waals surface area contributed by atoms with Crippen molar-refractivity contribution in [3.63, 3.8) is 0 Å². The van der Waals surface area contributed by atoms with Crippen LogP contribution in [0.5, 0.6) is 0 Å². The molecule has 2 N–H and O–H groups in total. The minimum Gasteiger partial charge on any atom is -0.464 e. The number of amides is 4. The molecule has 67 heavy (non-hydrogen) atoms. The molecule has 1 aromatic carbocycles. The Morgan fingerprint density at radius 3 is 2.49 bits per heavy atom. The van der Waals surface area contributed by atoms with E-state index in [9.17, 15) is 19.2 Å². The van der Waals surface area contributed by atoms with Gasteiger partial charge >= 0.3 is 12.0 Å². The lowest BCUT2D eigenvalue weighted by molar-refractivity contribution is -0.155. The van der Waals surface area contributed by atoms with Gasteiger partial charge in [-0.2, -0.15) is 0 Å². The van der Waals surface area contributed by atoms with Crippen LogP contribution in [0.2, 0.25) is 0 Å². The van der Waals surface area contributed by atoms with Crippen LogP contribution in [0.3, 0.4) is 0 Å². The van der Waals surface area contributed by atoms with Crippen LogP contribution < -0.4 is 15.6 Å². The van der Waals surface area contributed by atoms with Crippen LogP contribution in [0, 0.1) is 11.3 Å². The first-order valence-corrected chi connectivity index (χ1v) is 25.0. The molecule has 3 aromatic heterocycles. The Balaban J connectivity index is 1.23. The third-order valence-electron chi connectivity index (χ3n) is 14.3. The van der Waals surface area contributed by atoms with Gasteiger partial charge in [-0.15, -0.1) is 11.3 Å². The fourth-order valence-electron chi connectivity index (χ4n) is 10.5. The number of ether oxygens (including phenoxy) is 2. The summed E-state index contributed by atoms with van der Waals surface area (Å²) in [5.41, 5.74) is 10.6. The summed E-state index contributed by atoms with van der Waals surface area (Å²) in [5, 5.41) is 8.34. The highest BCUT2D eigenvalue weighted by Gasteiger charge is 2.41. The number of nitrogens with zero attached hydrogens (tertiary/aromatic N) is 8. The zero-order valence-electron chi connectivity index (χ0n) is 40.9. The second kappa shape index (κ2) is 20.2. The number of nitrogens with one attached hydrogen (secondary N) is 2. The van der Waals surface area contributed by atoms with Crippen molar-refractivity contribution >= 4 is 51.7 Å². The van der Waals surface area contributed by atoms with Crippen molar-refractivity contribution in [2.75, 3.05) is 79.5 Å². The van der Waals surface area contributed by atoms with Crippen molar-refractivity contribution in [2.24, 2.45) is 11.3 Å². The van der Waals surface area contributed by atoms with Crippen LogP contribution in [-0.4, -0.2) is 151 Å². The summed E-state index contributed by atoms with van der Waals surface area (Å²) in [7, 11) is 8.88. The lowest BCUT2D eigenvalue weighted by atomic mass is 9.84. The number of methoxy groups -OCH3 is 1. The number of esters is 1. The van der Waals surface area contributed by atoms with Crippen LogP contribution in [0.15, 0.2) is 35.8 Å². The second-order valence-corrected chi connectivity index (χ2v) is 21.0. The number of rotatable bonds is 9. The zero-order valence-corrected chi connectivity index (χ0v) is 41.7. The number of thiazole rings is 1. The number of benzene rings is 1. The highest BCUT2D eigenvalue weighted by atomic mass is 32.1. The van der Waals surface area contributed by atoms with Crippen molar-refractivity contribution in [3.05, 3.63) is 52.1 Å². The van der Waals surface area contributed by atoms with E-state index in [1.165, 1.54) is 26.1 Å². The lowest BCUT2D eigenvalue weighted by Crippen LogP contribution is -2.62. The van der Waals surface area contributed by atoms with Crippen molar-refractivity contribution in [3.8, 4) is 22.5 Å². The molecule has 4 amide bonds. The van der Waals surface area contributed by atoms with Gasteiger partial charge in [0.1, 0.15) is 18.1 Å². The largest absolute Gasteiger partial charge is 0.464 e. The maximum atomic E-state index is 14.7. The summed E-state index contributed by atoms with van der Waals surface area (Å²) >= 11 is 1.45. The van der Waals surface area contributed by atoms with Gasteiger partial charge in [0.25, 0.3) is 5.91 Å². The molecule has 2 saturated heterocycles. The predicted molar refractivity (Wildman–Crippen MR) is 262 cm³/mol. The fraction of sp³-hybridized carbons (Fsp3) is 0.600. The van der Waals surface area contributed by atoms with E-state index in [-0.39, 0.29) is 42.9 Å². The number of hydrogen-bond donors (Lipinski definition) is 2. The minimum atomic E-state index is -1.02. The van der Waals surface area contributed by atoms with Crippen LogP contribution >= 0.6 is 11.3 Å². The van der Waals surface area contributed by atoms with Crippen molar-refractivity contribution in [1.29, 1.82) is 0 Å². The Hall–Kier alpha value is -5.10. The molecular weight excluding hydrogens is 869 g/mol. The van der Waals surface area contributed by atoms with E-state index in [4.69, 9.17) is 19.4 Å². The van der Waals surface area contributed by atoms with Gasteiger partial charge in [0.15, 0.2) is 0 Å². The monoisotopic (exact) mass is 939 g/mol. The number of cyclic esters (lactones) is 1. The van der Waals surface area contributed by atoms with Crippen molar-refractivity contribution in [2.45, 2.75) is 110 Å². The standard InChI is InChI=1S/C50H70N10O6S/c1-10-59-41-18-17-33-24-35(41)37(45(59)36-25-34(28-51-43(36)31(2)65-9)58-22-20-56(7)21-23-58)27-50(3,4)30-66-48(63)38-16-13-19-60(54-38)47(62)39(26-42-52-40(33)29-67-42)53-46(61)44(32-14-11-12-15-32)57(8)49(64)55(5)6/h17-18,24-25,28-29,31-32,38-39,44,54H,10-16,19-23,26-27,30H2,1-9H3,(H,53,61)/t31-,38-,39-,44?/m0/s1. The zero-order chi connectivity index (χ0) is 47.7. The molecule has 1 saturated carbocycles. The van der Waals surface area contributed by atoms with E-state index >= 15 is 0 Å². The average Bonchev–Trinajstić information content (AvgIpc) is 4.10. The van der Waals surface area contributed by atoms with E-state index in [1.54, 1.807) is 28.3 Å². The number of piperazine rings is 1. The molecule has 6 bridgehead atoms. The lowest BCUT2D eigenvalue weighted by Gasteiger charge is -2.37. The fourth-order valence-corrected chi connectivity index (χ4v) is 11.4. The van der Waals surface area contributed by atoms with E-state index in [0.717, 1.165) is 102 Å². The third kappa shape index (κ3) is 10.2. The molecule has 0 radical (unpaired) electrons. The molecule has 362 valence electrons. The Kier molecular flexibility index (Phi) is 14.6. The summed E-state index contributed by atoms with van der Waals surface area (Å²) in [6.45, 7) is 13.4. The molecule has 8 rings (SSSR count). The Morgan fingerprint density at radius 1 is 1.04 bits per heavy atom.